The van der Waals surface area contributed by atoms with Crippen molar-refractivity contribution in [2.45, 2.75) is 25.4 Å². The lowest BCUT2D eigenvalue weighted by Crippen LogP contribution is -2.35. The summed E-state index contributed by atoms with van der Waals surface area (Å²) >= 11 is 6.00. The fourth-order valence-electron chi connectivity index (χ4n) is 3.67. The standard InChI is InChI=1S/C24H28ClN3O4/c1-32-15-27-23(30)11-17(9-16-5-3-2-4-6-16)10-20(29)14-26-24(31)22-13-18-12-19(25)7-8-21(18)28-22/h2-8,12-13,17,20,28-29H,9-11,14-15H2,1H3,(H,26,31)(H,27,30). The third kappa shape index (κ3) is 7.09. The monoisotopic (exact) mass is 457 g/mol. The molecular weight excluding hydrogens is 430 g/mol. The molecule has 2 amide bonds. The van der Waals surface area contributed by atoms with Crippen molar-refractivity contribution in [1.82, 2.24) is 15.6 Å². The van der Waals surface area contributed by atoms with E-state index in [2.05, 4.69) is 15.6 Å². The number of carbonyl (C=O) groups is 2. The van der Waals surface area contributed by atoms with Crippen LogP contribution in [0.1, 0.15) is 28.9 Å². The number of ether oxygens (including phenoxy) is 1. The van der Waals surface area contributed by atoms with Gasteiger partial charge in [-0.2, -0.15) is 0 Å². The molecule has 1 aromatic heterocycles. The van der Waals surface area contributed by atoms with E-state index < -0.39 is 6.10 Å². The Bertz CT molecular complexity index is 1040. The van der Waals surface area contributed by atoms with Crippen LogP contribution in [0.2, 0.25) is 5.02 Å². The van der Waals surface area contributed by atoms with E-state index in [1.165, 1.54) is 7.11 Å². The molecule has 3 rings (SSSR count). The van der Waals surface area contributed by atoms with E-state index in [-0.39, 0.29) is 37.4 Å². The third-order valence-electron chi connectivity index (χ3n) is 5.19. The van der Waals surface area contributed by atoms with Gasteiger partial charge in [-0.05, 0) is 48.6 Å². The molecule has 170 valence electrons. The fraction of sp³-hybridized carbons (Fsp3) is 0.333. The molecule has 0 aliphatic carbocycles. The summed E-state index contributed by atoms with van der Waals surface area (Å²) in [7, 11) is 1.51. The van der Waals surface area contributed by atoms with Gasteiger partial charge in [-0.3, -0.25) is 9.59 Å². The predicted octanol–water partition coefficient (Wildman–Crippen LogP) is 3.27. The van der Waals surface area contributed by atoms with E-state index in [9.17, 15) is 14.7 Å². The van der Waals surface area contributed by atoms with Crippen LogP contribution in [-0.2, 0) is 16.0 Å². The Morgan fingerprint density at radius 2 is 1.91 bits per heavy atom. The first kappa shape index (κ1) is 23.8. The van der Waals surface area contributed by atoms with E-state index >= 15 is 0 Å². The Morgan fingerprint density at radius 3 is 2.66 bits per heavy atom. The summed E-state index contributed by atoms with van der Waals surface area (Å²) in [5, 5.41) is 17.4. The number of rotatable bonds is 11. The highest BCUT2D eigenvalue weighted by Crippen LogP contribution is 2.21. The third-order valence-corrected chi connectivity index (χ3v) is 5.42. The number of nitrogens with one attached hydrogen (secondary N) is 3. The maximum Gasteiger partial charge on any atom is 0.267 e. The molecule has 0 fully saturated rings. The number of benzene rings is 2. The van der Waals surface area contributed by atoms with Crippen molar-refractivity contribution < 1.29 is 19.4 Å². The molecule has 0 bridgehead atoms. The second-order valence-electron chi connectivity index (χ2n) is 7.81. The van der Waals surface area contributed by atoms with Crippen molar-refractivity contribution in [3.63, 3.8) is 0 Å². The van der Waals surface area contributed by atoms with E-state index in [1.54, 1.807) is 18.2 Å². The van der Waals surface area contributed by atoms with Gasteiger partial charge in [-0.15, -0.1) is 0 Å². The maximum atomic E-state index is 12.5. The largest absolute Gasteiger partial charge is 0.391 e. The molecule has 2 atom stereocenters. The SMILES string of the molecule is COCNC(=O)CC(Cc1ccccc1)CC(O)CNC(=O)c1cc2cc(Cl)ccc2[nH]1. The average Bonchev–Trinajstić information content (AvgIpc) is 3.20. The van der Waals surface area contributed by atoms with Crippen LogP contribution >= 0.6 is 11.6 Å². The molecule has 0 saturated heterocycles. The molecule has 0 spiro atoms. The zero-order valence-corrected chi connectivity index (χ0v) is 18.7. The Morgan fingerprint density at radius 1 is 1.12 bits per heavy atom. The number of methoxy groups -OCH3 is 1. The highest BCUT2D eigenvalue weighted by atomic mass is 35.5. The molecule has 2 unspecified atom stereocenters. The average molecular weight is 458 g/mol. The lowest BCUT2D eigenvalue weighted by Gasteiger charge is -2.20. The molecule has 0 saturated carbocycles. The van der Waals surface area contributed by atoms with E-state index in [4.69, 9.17) is 16.3 Å². The Balaban J connectivity index is 1.57. The summed E-state index contributed by atoms with van der Waals surface area (Å²) in [5.41, 5.74) is 2.30. The fourth-order valence-corrected chi connectivity index (χ4v) is 3.85. The molecule has 4 N–H and O–H groups in total. The van der Waals surface area contributed by atoms with Gasteiger partial charge >= 0.3 is 0 Å². The molecule has 7 nitrogen and oxygen atoms in total. The molecule has 8 heteroatoms. The zero-order valence-electron chi connectivity index (χ0n) is 17.9. The van der Waals surface area contributed by atoms with Crippen molar-refractivity contribution in [3.05, 3.63) is 70.9 Å². The molecule has 0 radical (unpaired) electrons. The molecule has 0 aliphatic heterocycles. The number of hydrogen-bond donors (Lipinski definition) is 4. The van der Waals surface area contributed by atoms with Gasteiger partial charge in [0.25, 0.3) is 5.91 Å². The molecule has 1 heterocycles. The number of halogens is 1. The van der Waals surface area contributed by atoms with Gasteiger partial charge in [-0.1, -0.05) is 41.9 Å². The quantitative estimate of drug-likeness (QED) is 0.332. The van der Waals surface area contributed by atoms with Crippen LogP contribution in [-0.4, -0.2) is 48.4 Å². The predicted molar refractivity (Wildman–Crippen MR) is 125 cm³/mol. The summed E-state index contributed by atoms with van der Waals surface area (Å²) in [5.74, 6) is -0.536. The van der Waals surface area contributed by atoms with Gasteiger partial charge < -0.3 is 25.5 Å². The van der Waals surface area contributed by atoms with Gasteiger partial charge in [-0.25, -0.2) is 0 Å². The summed E-state index contributed by atoms with van der Waals surface area (Å²) in [6.45, 7) is 0.227. The highest BCUT2D eigenvalue weighted by molar-refractivity contribution is 6.31. The van der Waals surface area contributed by atoms with Gasteiger partial charge in [0.05, 0.1) is 6.10 Å². The Kier molecular flexibility index (Phi) is 8.67. The minimum atomic E-state index is -0.790. The number of hydrogen-bond acceptors (Lipinski definition) is 4. The summed E-state index contributed by atoms with van der Waals surface area (Å²) < 4.78 is 4.89. The van der Waals surface area contributed by atoms with Crippen molar-refractivity contribution in [3.8, 4) is 0 Å². The molecule has 2 aromatic carbocycles. The van der Waals surface area contributed by atoms with Gasteiger partial charge in [0.15, 0.2) is 0 Å². The van der Waals surface area contributed by atoms with Gasteiger partial charge in [0.1, 0.15) is 12.4 Å². The van der Waals surface area contributed by atoms with Crippen molar-refractivity contribution in [1.29, 1.82) is 0 Å². The van der Waals surface area contributed by atoms with E-state index in [1.807, 2.05) is 36.4 Å². The van der Waals surface area contributed by atoms with Crippen molar-refractivity contribution in [2.24, 2.45) is 5.92 Å². The number of aromatic nitrogens is 1. The second kappa shape index (κ2) is 11.7. The number of aliphatic hydroxyl groups is 1. The smallest absolute Gasteiger partial charge is 0.267 e. The van der Waals surface area contributed by atoms with Crippen molar-refractivity contribution in [2.75, 3.05) is 20.4 Å². The number of H-pyrrole nitrogens is 1. The van der Waals surface area contributed by atoms with E-state index in [0.29, 0.717) is 23.6 Å². The van der Waals surface area contributed by atoms with Crippen LogP contribution in [0.15, 0.2) is 54.6 Å². The minimum Gasteiger partial charge on any atom is -0.391 e. The molecule has 3 aromatic rings. The molecule has 0 aliphatic rings. The van der Waals surface area contributed by atoms with Gasteiger partial charge in [0, 0.05) is 36.0 Å². The zero-order chi connectivity index (χ0) is 22.9. The van der Waals surface area contributed by atoms with Crippen LogP contribution in [0.25, 0.3) is 10.9 Å². The highest BCUT2D eigenvalue weighted by Gasteiger charge is 2.20. The number of aliphatic hydroxyl groups excluding tert-OH is 1. The number of carbonyl (C=O) groups excluding carboxylic acids is 2. The summed E-state index contributed by atoms with van der Waals surface area (Å²) in [6.07, 6.45) is 0.487. The number of fused-ring (bicyclic) bond motifs is 1. The minimum absolute atomic E-state index is 0.0833. The summed E-state index contributed by atoms with van der Waals surface area (Å²) in [6, 6.07) is 16.9. The Labute approximate surface area is 192 Å². The van der Waals surface area contributed by atoms with E-state index in [0.717, 1.165) is 16.5 Å². The molecular formula is C24H28ClN3O4. The molecule has 32 heavy (non-hydrogen) atoms. The van der Waals surface area contributed by atoms with Crippen LogP contribution in [0.3, 0.4) is 0 Å². The lowest BCUT2D eigenvalue weighted by molar-refractivity contribution is -0.123. The lowest BCUT2D eigenvalue weighted by atomic mass is 9.90. The first-order valence-corrected chi connectivity index (χ1v) is 10.9. The summed E-state index contributed by atoms with van der Waals surface area (Å²) in [4.78, 5) is 27.7. The van der Waals surface area contributed by atoms with Gasteiger partial charge in [0.2, 0.25) is 5.91 Å². The van der Waals surface area contributed by atoms with Crippen LogP contribution < -0.4 is 10.6 Å². The van der Waals surface area contributed by atoms with Crippen molar-refractivity contribution >= 4 is 34.3 Å². The van der Waals surface area contributed by atoms with Crippen LogP contribution in [0.5, 0.6) is 0 Å². The number of aromatic amines is 1. The first-order valence-electron chi connectivity index (χ1n) is 10.5. The Hall–Kier alpha value is -2.87. The second-order valence-corrected chi connectivity index (χ2v) is 8.24. The maximum absolute atomic E-state index is 12.5. The first-order chi connectivity index (χ1) is 15.4. The topological polar surface area (TPSA) is 103 Å². The van der Waals surface area contributed by atoms with Crippen LogP contribution in [0.4, 0.5) is 0 Å². The normalized spacial score (nSPS) is 13.0. The van der Waals surface area contributed by atoms with Crippen LogP contribution in [0, 0.1) is 5.92 Å². The number of amides is 2.